The van der Waals surface area contributed by atoms with Crippen LogP contribution >= 0.6 is 12.4 Å². The van der Waals surface area contributed by atoms with E-state index < -0.39 is 0 Å². The van der Waals surface area contributed by atoms with E-state index in [1.807, 2.05) is 0 Å². The second-order valence-electron chi connectivity index (χ2n) is 6.87. The monoisotopic (exact) mass is 336 g/mol. The molecule has 2 fully saturated rings. The van der Waals surface area contributed by atoms with Crippen LogP contribution in [0.25, 0.3) is 0 Å². The number of halogens is 1. The topological polar surface area (TPSA) is 41.1 Å². The molecular formula is C19H29ClN2O. The number of benzene rings is 1. The summed E-state index contributed by atoms with van der Waals surface area (Å²) in [5, 5.41) is 6.71. The van der Waals surface area contributed by atoms with Gasteiger partial charge in [0.25, 0.3) is 0 Å². The SMILES string of the molecule is Cl.O=C(CCC1CCNC1)NC1CCCCC1c1ccccc1. The van der Waals surface area contributed by atoms with Gasteiger partial charge in [-0.1, -0.05) is 43.2 Å². The van der Waals surface area contributed by atoms with Crippen molar-refractivity contribution in [3.8, 4) is 0 Å². The molecule has 0 radical (unpaired) electrons. The maximum Gasteiger partial charge on any atom is 0.220 e. The first-order chi connectivity index (χ1) is 10.8. The van der Waals surface area contributed by atoms with Crippen LogP contribution in [0.2, 0.25) is 0 Å². The Morgan fingerprint density at radius 3 is 2.65 bits per heavy atom. The van der Waals surface area contributed by atoms with Gasteiger partial charge in [0.05, 0.1) is 0 Å². The van der Waals surface area contributed by atoms with E-state index in [2.05, 4.69) is 41.0 Å². The molecular weight excluding hydrogens is 308 g/mol. The summed E-state index contributed by atoms with van der Waals surface area (Å²) < 4.78 is 0. The van der Waals surface area contributed by atoms with Crippen molar-refractivity contribution in [1.82, 2.24) is 10.6 Å². The molecule has 1 aromatic carbocycles. The highest BCUT2D eigenvalue weighted by Crippen LogP contribution is 2.33. The number of nitrogens with one attached hydrogen (secondary N) is 2. The fraction of sp³-hybridized carbons (Fsp3) is 0.632. The summed E-state index contributed by atoms with van der Waals surface area (Å²) in [4.78, 5) is 12.3. The summed E-state index contributed by atoms with van der Waals surface area (Å²) in [5.74, 6) is 1.44. The standard InChI is InChI=1S/C19H28N2O.ClH/c22-19(11-10-15-12-13-20-14-15)21-18-9-5-4-8-17(18)16-6-2-1-3-7-16;/h1-3,6-7,15,17-18,20H,4-5,8-14H2,(H,21,22);1H. The minimum Gasteiger partial charge on any atom is -0.353 e. The minimum atomic E-state index is 0. The maximum absolute atomic E-state index is 12.3. The second kappa shape index (κ2) is 9.29. The highest BCUT2D eigenvalue weighted by Gasteiger charge is 2.27. The molecule has 1 amide bonds. The molecule has 1 saturated heterocycles. The molecule has 4 heteroatoms. The molecule has 3 rings (SSSR count). The van der Waals surface area contributed by atoms with Gasteiger partial charge in [-0.25, -0.2) is 0 Å². The van der Waals surface area contributed by atoms with Crippen LogP contribution in [0.5, 0.6) is 0 Å². The largest absolute Gasteiger partial charge is 0.353 e. The number of carbonyl (C=O) groups is 1. The molecule has 0 aromatic heterocycles. The van der Waals surface area contributed by atoms with Gasteiger partial charge in [0, 0.05) is 18.4 Å². The van der Waals surface area contributed by atoms with Gasteiger partial charge in [0.1, 0.15) is 0 Å². The zero-order valence-corrected chi connectivity index (χ0v) is 14.6. The predicted molar refractivity (Wildman–Crippen MR) is 97.0 cm³/mol. The Morgan fingerprint density at radius 2 is 1.91 bits per heavy atom. The summed E-state index contributed by atoms with van der Waals surface area (Å²) in [6.07, 6.45) is 7.77. The minimum absolute atomic E-state index is 0. The van der Waals surface area contributed by atoms with Crippen LogP contribution in [0.4, 0.5) is 0 Å². The lowest BCUT2D eigenvalue weighted by molar-refractivity contribution is -0.122. The van der Waals surface area contributed by atoms with Gasteiger partial charge in [-0.05, 0) is 50.3 Å². The Hall–Kier alpha value is -1.06. The predicted octanol–water partition coefficient (Wildman–Crippen LogP) is 3.64. The lowest BCUT2D eigenvalue weighted by atomic mass is 9.80. The number of carbonyl (C=O) groups excluding carboxylic acids is 1. The van der Waals surface area contributed by atoms with Crippen LogP contribution in [0.1, 0.15) is 56.4 Å². The molecule has 2 N–H and O–H groups in total. The van der Waals surface area contributed by atoms with Crippen molar-refractivity contribution >= 4 is 18.3 Å². The second-order valence-corrected chi connectivity index (χ2v) is 6.87. The first-order valence-corrected chi connectivity index (χ1v) is 8.88. The molecule has 0 spiro atoms. The average molecular weight is 337 g/mol. The van der Waals surface area contributed by atoms with E-state index in [1.54, 1.807) is 0 Å². The number of amides is 1. The first kappa shape index (κ1) is 18.3. The Balaban J connectivity index is 0.00000192. The normalized spacial score (nSPS) is 27.2. The van der Waals surface area contributed by atoms with Crippen molar-refractivity contribution < 1.29 is 4.79 Å². The third-order valence-electron chi connectivity index (χ3n) is 5.28. The third kappa shape index (κ3) is 5.22. The molecule has 3 unspecified atom stereocenters. The van der Waals surface area contributed by atoms with Crippen LogP contribution < -0.4 is 10.6 Å². The Kier molecular flexibility index (Phi) is 7.38. The Morgan fingerprint density at radius 1 is 1.13 bits per heavy atom. The van der Waals surface area contributed by atoms with Crippen LogP contribution in [-0.2, 0) is 4.79 Å². The van der Waals surface area contributed by atoms with E-state index in [-0.39, 0.29) is 18.3 Å². The van der Waals surface area contributed by atoms with Crippen molar-refractivity contribution in [1.29, 1.82) is 0 Å². The summed E-state index contributed by atoms with van der Waals surface area (Å²) >= 11 is 0. The lowest BCUT2D eigenvalue weighted by Gasteiger charge is -2.32. The molecule has 3 atom stereocenters. The summed E-state index contributed by atoms with van der Waals surface area (Å²) in [6, 6.07) is 11.0. The maximum atomic E-state index is 12.3. The Bertz CT molecular complexity index is 474. The summed E-state index contributed by atoms with van der Waals surface area (Å²) in [7, 11) is 0. The Labute approximate surface area is 146 Å². The van der Waals surface area contributed by atoms with Crippen molar-refractivity contribution in [3.63, 3.8) is 0 Å². The molecule has 1 heterocycles. The third-order valence-corrected chi connectivity index (χ3v) is 5.28. The van der Waals surface area contributed by atoms with Gasteiger partial charge in [0.15, 0.2) is 0 Å². The molecule has 1 aliphatic carbocycles. The fourth-order valence-electron chi connectivity index (χ4n) is 3.98. The van der Waals surface area contributed by atoms with E-state index in [1.165, 1.54) is 31.2 Å². The quantitative estimate of drug-likeness (QED) is 0.862. The molecule has 1 aliphatic heterocycles. The highest BCUT2D eigenvalue weighted by atomic mass is 35.5. The van der Waals surface area contributed by atoms with Gasteiger partial charge in [-0.3, -0.25) is 4.79 Å². The van der Waals surface area contributed by atoms with Crippen LogP contribution in [-0.4, -0.2) is 25.0 Å². The van der Waals surface area contributed by atoms with E-state index in [9.17, 15) is 4.79 Å². The molecule has 1 saturated carbocycles. The van der Waals surface area contributed by atoms with Crippen molar-refractivity contribution in [2.45, 2.75) is 56.9 Å². The summed E-state index contributed by atoms with van der Waals surface area (Å²) in [5.41, 5.74) is 1.38. The van der Waals surface area contributed by atoms with Gasteiger partial charge in [-0.15, -0.1) is 12.4 Å². The zero-order chi connectivity index (χ0) is 15.2. The van der Waals surface area contributed by atoms with Gasteiger partial charge >= 0.3 is 0 Å². The number of hydrogen-bond acceptors (Lipinski definition) is 2. The van der Waals surface area contributed by atoms with Crippen LogP contribution in [0.15, 0.2) is 30.3 Å². The van der Waals surface area contributed by atoms with Gasteiger partial charge in [-0.2, -0.15) is 0 Å². The van der Waals surface area contributed by atoms with Gasteiger partial charge < -0.3 is 10.6 Å². The lowest BCUT2D eigenvalue weighted by Crippen LogP contribution is -2.41. The number of hydrogen-bond donors (Lipinski definition) is 2. The molecule has 2 aliphatic rings. The first-order valence-electron chi connectivity index (χ1n) is 8.88. The molecule has 128 valence electrons. The van der Waals surface area contributed by atoms with E-state index in [4.69, 9.17) is 0 Å². The van der Waals surface area contributed by atoms with Crippen molar-refractivity contribution in [2.75, 3.05) is 13.1 Å². The van der Waals surface area contributed by atoms with Crippen LogP contribution in [0.3, 0.4) is 0 Å². The highest BCUT2D eigenvalue weighted by molar-refractivity contribution is 5.85. The van der Waals surface area contributed by atoms with Gasteiger partial charge in [0.2, 0.25) is 5.91 Å². The zero-order valence-electron chi connectivity index (χ0n) is 13.8. The van der Waals surface area contributed by atoms with E-state index in [0.29, 0.717) is 24.3 Å². The van der Waals surface area contributed by atoms with Crippen molar-refractivity contribution in [3.05, 3.63) is 35.9 Å². The number of rotatable bonds is 5. The molecule has 1 aromatic rings. The van der Waals surface area contributed by atoms with Crippen molar-refractivity contribution in [2.24, 2.45) is 5.92 Å². The molecule has 3 nitrogen and oxygen atoms in total. The van der Waals surface area contributed by atoms with E-state index >= 15 is 0 Å². The van der Waals surface area contributed by atoms with Crippen LogP contribution in [0, 0.1) is 5.92 Å². The van der Waals surface area contributed by atoms with E-state index in [0.717, 1.165) is 25.9 Å². The molecule has 0 bridgehead atoms. The smallest absolute Gasteiger partial charge is 0.220 e. The average Bonchev–Trinajstić information content (AvgIpc) is 3.08. The summed E-state index contributed by atoms with van der Waals surface area (Å²) in [6.45, 7) is 2.20. The molecule has 23 heavy (non-hydrogen) atoms. The fourth-order valence-corrected chi connectivity index (χ4v) is 3.98.